The lowest BCUT2D eigenvalue weighted by molar-refractivity contribution is 0.669. The van der Waals surface area contributed by atoms with E-state index in [0.717, 1.165) is 16.6 Å². The third kappa shape index (κ3) is 4.08. The number of thiophene rings is 4. The van der Waals surface area contributed by atoms with Gasteiger partial charge in [0.15, 0.2) is 0 Å². The van der Waals surface area contributed by atoms with Crippen LogP contribution in [0.25, 0.3) is 105 Å². The summed E-state index contributed by atoms with van der Waals surface area (Å²) in [5.41, 5.74) is 9.53. The van der Waals surface area contributed by atoms with Crippen molar-refractivity contribution in [2.75, 3.05) is 0 Å². The normalized spacial score (nSPS) is 12.1. The van der Waals surface area contributed by atoms with Gasteiger partial charge in [0.1, 0.15) is 11.2 Å². The minimum Gasteiger partial charge on any atom is -0.456 e. The fraction of sp³-hybridized carbons (Fsp3) is 0. The Hall–Kier alpha value is -5.04. The van der Waals surface area contributed by atoms with Crippen molar-refractivity contribution in [3.63, 3.8) is 0 Å². The van der Waals surface area contributed by atoms with Crippen molar-refractivity contribution >= 4 is 108 Å². The van der Waals surface area contributed by atoms with Crippen molar-refractivity contribution in [2.24, 2.45) is 0 Å². The zero-order valence-corrected chi connectivity index (χ0v) is 29.2. The first kappa shape index (κ1) is 27.9. The number of hydrogen-bond acceptors (Lipinski definition) is 5. The minimum absolute atomic E-state index is 0.915. The molecule has 230 valence electrons. The smallest absolute Gasteiger partial charge is 0.136 e. The molecule has 0 saturated carbocycles. The molecule has 0 spiro atoms. The summed E-state index contributed by atoms with van der Waals surface area (Å²) in [6.45, 7) is 0. The fourth-order valence-electron chi connectivity index (χ4n) is 7.66. The van der Waals surface area contributed by atoms with Gasteiger partial charge in [-0.05, 0) is 64.2 Å². The van der Waals surface area contributed by atoms with Crippen LogP contribution in [0.15, 0.2) is 149 Å². The summed E-state index contributed by atoms with van der Waals surface area (Å²) in [7, 11) is 0. The Bertz CT molecular complexity index is 3020. The van der Waals surface area contributed by atoms with E-state index in [9.17, 15) is 0 Å². The Morgan fingerprint density at radius 2 is 1.18 bits per heavy atom. The van der Waals surface area contributed by atoms with Gasteiger partial charge in [0, 0.05) is 83.3 Å². The first-order valence-corrected chi connectivity index (χ1v) is 19.6. The molecule has 0 fully saturated rings. The molecule has 0 aliphatic rings. The quantitative estimate of drug-likeness (QED) is 0.179. The highest BCUT2D eigenvalue weighted by Gasteiger charge is 2.30. The van der Waals surface area contributed by atoms with Crippen LogP contribution in [0.3, 0.4) is 0 Å². The number of furan rings is 1. The van der Waals surface area contributed by atoms with Crippen LogP contribution in [0.2, 0.25) is 0 Å². The Balaban J connectivity index is 1.46. The number of para-hydroxylation sites is 1. The van der Waals surface area contributed by atoms with Gasteiger partial charge in [0.05, 0.1) is 0 Å². The number of rotatable bonds is 4. The molecule has 11 rings (SSSR count). The molecule has 0 aliphatic heterocycles. The molecule has 0 saturated heterocycles. The maximum atomic E-state index is 6.54. The lowest BCUT2D eigenvalue weighted by atomic mass is 9.82. The second-order valence-corrected chi connectivity index (χ2v) is 16.3. The Labute approximate surface area is 297 Å². The van der Waals surface area contributed by atoms with Crippen molar-refractivity contribution in [3.8, 4) is 43.1 Å². The molecule has 11 aromatic rings. The number of hydrogen-bond donors (Lipinski definition) is 0. The average Bonchev–Trinajstić information content (AvgIpc) is 3.99. The van der Waals surface area contributed by atoms with E-state index in [1.165, 1.54) is 88.9 Å². The molecular formula is C44H24OS4. The van der Waals surface area contributed by atoms with Gasteiger partial charge in [-0.2, -0.15) is 0 Å². The van der Waals surface area contributed by atoms with Crippen LogP contribution < -0.4 is 0 Å². The molecule has 0 aliphatic carbocycles. The Morgan fingerprint density at radius 1 is 0.429 bits per heavy atom. The van der Waals surface area contributed by atoms with Crippen LogP contribution in [-0.4, -0.2) is 0 Å². The highest BCUT2D eigenvalue weighted by Crippen LogP contribution is 2.58. The largest absolute Gasteiger partial charge is 0.456 e. The monoisotopic (exact) mass is 696 g/mol. The molecule has 49 heavy (non-hydrogen) atoms. The van der Waals surface area contributed by atoms with Gasteiger partial charge in [-0.15, -0.1) is 45.3 Å². The van der Waals surface area contributed by atoms with E-state index in [2.05, 4.69) is 144 Å². The van der Waals surface area contributed by atoms with E-state index in [-0.39, 0.29) is 0 Å². The predicted octanol–water partition coefficient (Wildman–Crippen LogP) is 15.1. The van der Waals surface area contributed by atoms with Crippen LogP contribution >= 0.6 is 45.3 Å². The molecule has 0 N–H and O–H groups in total. The van der Waals surface area contributed by atoms with E-state index in [1.54, 1.807) is 0 Å². The van der Waals surface area contributed by atoms with Gasteiger partial charge >= 0.3 is 0 Å². The summed E-state index contributed by atoms with van der Waals surface area (Å²) in [5.74, 6) is 0. The average molecular weight is 697 g/mol. The zero-order chi connectivity index (χ0) is 32.1. The maximum absolute atomic E-state index is 6.54. The highest BCUT2D eigenvalue weighted by atomic mass is 32.1. The molecule has 5 heteroatoms. The third-order valence-corrected chi connectivity index (χ3v) is 13.9. The summed E-state index contributed by atoms with van der Waals surface area (Å²) in [4.78, 5) is 2.59. The topological polar surface area (TPSA) is 13.1 Å². The fourth-order valence-corrected chi connectivity index (χ4v) is 11.9. The van der Waals surface area contributed by atoms with E-state index < -0.39 is 0 Å². The second-order valence-electron chi connectivity index (χ2n) is 12.4. The van der Waals surface area contributed by atoms with Crippen molar-refractivity contribution < 1.29 is 4.42 Å². The van der Waals surface area contributed by atoms with Gasteiger partial charge in [-0.3, -0.25) is 0 Å². The summed E-state index contributed by atoms with van der Waals surface area (Å²) < 4.78 is 11.8. The van der Waals surface area contributed by atoms with Crippen molar-refractivity contribution in [3.05, 3.63) is 144 Å². The van der Waals surface area contributed by atoms with Gasteiger partial charge in [0.25, 0.3) is 0 Å². The van der Waals surface area contributed by atoms with Gasteiger partial charge < -0.3 is 4.42 Å². The van der Waals surface area contributed by atoms with Gasteiger partial charge in [0.2, 0.25) is 0 Å². The first-order valence-electron chi connectivity index (χ1n) is 16.2. The molecule has 0 bridgehead atoms. The van der Waals surface area contributed by atoms with Crippen LogP contribution in [0.4, 0.5) is 0 Å². The zero-order valence-electron chi connectivity index (χ0n) is 25.9. The summed E-state index contributed by atoms with van der Waals surface area (Å²) in [5, 5.41) is 12.1. The van der Waals surface area contributed by atoms with Crippen LogP contribution in [-0.2, 0) is 0 Å². The molecule has 5 aromatic heterocycles. The van der Waals surface area contributed by atoms with Gasteiger partial charge in [-0.25, -0.2) is 0 Å². The first-order chi connectivity index (χ1) is 24.3. The molecule has 0 unspecified atom stereocenters. The number of benzene rings is 6. The molecule has 0 radical (unpaired) electrons. The van der Waals surface area contributed by atoms with E-state index in [0.29, 0.717) is 0 Å². The maximum Gasteiger partial charge on any atom is 0.136 e. The third-order valence-electron chi connectivity index (χ3n) is 9.68. The SMILES string of the molecule is c1csc(-c2c(-c3cc4ccccc4s3)c(-c3csc4ccccc34)c(-c3cccc4oc5ccccc5c34)c3c2sc2ccccc23)c1. The molecule has 0 atom stereocenters. The predicted molar refractivity (Wildman–Crippen MR) is 217 cm³/mol. The number of fused-ring (bicyclic) bond motifs is 8. The lowest BCUT2D eigenvalue weighted by Crippen LogP contribution is -1.94. The Morgan fingerprint density at radius 3 is 2.04 bits per heavy atom. The molecule has 0 amide bonds. The summed E-state index contributed by atoms with van der Waals surface area (Å²) in [6.07, 6.45) is 0. The summed E-state index contributed by atoms with van der Waals surface area (Å²) in [6, 6.07) is 48.7. The molecule has 1 nitrogen and oxygen atoms in total. The molecule has 5 heterocycles. The van der Waals surface area contributed by atoms with E-state index in [4.69, 9.17) is 4.42 Å². The highest BCUT2D eigenvalue weighted by molar-refractivity contribution is 7.27. The van der Waals surface area contributed by atoms with Crippen LogP contribution in [0, 0.1) is 0 Å². The van der Waals surface area contributed by atoms with Crippen molar-refractivity contribution in [1.82, 2.24) is 0 Å². The van der Waals surface area contributed by atoms with Crippen molar-refractivity contribution in [2.45, 2.75) is 0 Å². The lowest BCUT2D eigenvalue weighted by Gasteiger charge is -2.21. The molecular weight excluding hydrogens is 673 g/mol. The minimum atomic E-state index is 0.915. The van der Waals surface area contributed by atoms with E-state index >= 15 is 0 Å². The van der Waals surface area contributed by atoms with Crippen LogP contribution in [0.5, 0.6) is 0 Å². The van der Waals surface area contributed by atoms with Crippen LogP contribution in [0.1, 0.15) is 0 Å². The van der Waals surface area contributed by atoms with Crippen molar-refractivity contribution in [1.29, 1.82) is 0 Å². The molecule has 6 aromatic carbocycles. The summed E-state index contributed by atoms with van der Waals surface area (Å²) >= 11 is 7.49. The van der Waals surface area contributed by atoms with E-state index in [1.807, 2.05) is 45.3 Å². The standard InChI is InChI=1S/C44H24OS4/c1-6-18-33-25(11-1)23-37(48-33)42-40(30-24-47-34-19-7-3-12-26(30)34)39(29-15-9-17-32-38(29)27-13-2-5-16-31(27)45-32)41-28-14-4-8-20-35(28)49-44(41)43(42)36-21-10-22-46-36/h1-24H. The van der Waals surface area contributed by atoms with Gasteiger partial charge in [-0.1, -0.05) is 91.0 Å². The Kier molecular flexibility index (Phi) is 6.10. The second kappa shape index (κ2) is 10.7.